The van der Waals surface area contributed by atoms with Gasteiger partial charge in [0.25, 0.3) is 0 Å². The lowest BCUT2D eigenvalue weighted by Gasteiger charge is -2.33. The number of piperidine rings is 1. The van der Waals surface area contributed by atoms with Gasteiger partial charge in [0.15, 0.2) is 0 Å². The van der Waals surface area contributed by atoms with Gasteiger partial charge in [0.2, 0.25) is 0 Å². The summed E-state index contributed by atoms with van der Waals surface area (Å²) < 4.78 is 15.9. The zero-order chi connectivity index (χ0) is 24.6. The minimum absolute atomic E-state index is 0.760. The van der Waals surface area contributed by atoms with Crippen LogP contribution < -0.4 is 9.47 Å². The molecule has 1 aliphatic heterocycles. The third-order valence-corrected chi connectivity index (χ3v) is 9.22. The lowest BCUT2D eigenvalue weighted by molar-refractivity contribution is 0.141. The van der Waals surface area contributed by atoms with Gasteiger partial charge in [-0.05, 0) is 116 Å². The summed E-state index contributed by atoms with van der Waals surface area (Å²) in [6, 6.07) is 7.89. The molecule has 0 radical (unpaired) electrons. The first kappa shape index (κ1) is 25.5. The van der Waals surface area contributed by atoms with Gasteiger partial charge in [-0.2, -0.15) is 4.37 Å². The number of rotatable bonds is 9. The fraction of sp³-hybridized carbons (Fsp3) is 0.581. The fourth-order valence-corrected chi connectivity index (χ4v) is 7.11. The molecule has 1 saturated heterocycles. The number of methoxy groups -OCH3 is 1. The Morgan fingerprint density at radius 3 is 2.53 bits per heavy atom. The molecule has 0 N–H and O–H groups in total. The SMILES string of the molecule is COc1ccc(OCCN2CCC(CC3CCCC(CC4=CC=CCc5csnc54)CC3)CC2)cc1. The Labute approximate surface area is 221 Å². The zero-order valence-electron chi connectivity index (χ0n) is 21.9. The molecule has 2 aliphatic carbocycles. The van der Waals surface area contributed by atoms with Gasteiger partial charge in [0.1, 0.15) is 18.1 Å². The summed E-state index contributed by atoms with van der Waals surface area (Å²) in [4.78, 5) is 2.59. The number of likely N-dealkylation sites (tertiary alicyclic amines) is 1. The summed E-state index contributed by atoms with van der Waals surface area (Å²) in [6.45, 7) is 4.23. The number of fused-ring (bicyclic) bond motifs is 1. The summed E-state index contributed by atoms with van der Waals surface area (Å²) in [5.74, 6) is 4.48. The predicted octanol–water partition coefficient (Wildman–Crippen LogP) is 7.42. The van der Waals surface area contributed by atoms with Crippen LogP contribution in [0.1, 0.15) is 69.0 Å². The van der Waals surface area contributed by atoms with Crippen molar-refractivity contribution in [3.63, 3.8) is 0 Å². The van der Waals surface area contributed by atoms with E-state index in [-0.39, 0.29) is 0 Å². The molecule has 5 heteroatoms. The molecule has 2 aromatic rings. The van der Waals surface area contributed by atoms with E-state index in [1.807, 2.05) is 24.3 Å². The van der Waals surface area contributed by atoms with E-state index in [2.05, 4.69) is 28.5 Å². The van der Waals surface area contributed by atoms with Crippen molar-refractivity contribution in [1.29, 1.82) is 0 Å². The van der Waals surface area contributed by atoms with E-state index in [0.717, 1.165) is 48.8 Å². The van der Waals surface area contributed by atoms with Crippen molar-refractivity contribution in [3.05, 3.63) is 59.1 Å². The number of ether oxygens (including phenoxy) is 2. The highest BCUT2D eigenvalue weighted by atomic mass is 32.1. The third-order valence-electron chi connectivity index (χ3n) is 8.54. The number of hydrogen-bond acceptors (Lipinski definition) is 5. The van der Waals surface area contributed by atoms with Crippen LogP contribution in [0.5, 0.6) is 11.5 Å². The molecule has 1 saturated carbocycles. The highest BCUT2D eigenvalue weighted by Gasteiger charge is 2.26. The molecule has 194 valence electrons. The van der Waals surface area contributed by atoms with Crippen LogP contribution in [0.3, 0.4) is 0 Å². The van der Waals surface area contributed by atoms with Gasteiger partial charge in [0, 0.05) is 11.9 Å². The number of benzene rings is 1. The Kier molecular flexibility index (Phi) is 9.16. The monoisotopic (exact) mass is 506 g/mol. The maximum atomic E-state index is 5.95. The number of aromatic nitrogens is 1. The van der Waals surface area contributed by atoms with Crippen molar-refractivity contribution in [2.45, 2.75) is 64.2 Å². The first-order chi connectivity index (χ1) is 17.8. The van der Waals surface area contributed by atoms with Gasteiger partial charge in [0.05, 0.1) is 12.8 Å². The van der Waals surface area contributed by atoms with Gasteiger partial charge in [-0.3, -0.25) is 4.90 Å². The van der Waals surface area contributed by atoms with Crippen LogP contribution in [0.15, 0.2) is 47.9 Å². The maximum absolute atomic E-state index is 5.95. The summed E-state index contributed by atoms with van der Waals surface area (Å²) in [5, 5.41) is 2.24. The van der Waals surface area contributed by atoms with E-state index < -0.39 is 0 Å². The van der Waals surface area contributed by atoms with Crippen LogP contribution in [0, 0.1) is 17.8 Å². The Balaban J connectivity index is 1.00. The van der Waals surface area contributed by atoms with Crippen molar-refractivity contribution in [1.82, 2.24) is 9.27 Å². The smallest absolute Gasteiger partial charge is 0.119 e. The number of nitrogens with zero attached hydrogens (tertiary/aromatic N) is 2. The van der Waals surface area contributed by atoms with Crippen molar-refractivity contribution in [2.24, 2.45) is 17.8 Å². The second kappa shape index (κ2) is 12.9. The maximum Gasteiger partial charge on any atom is 0.119 e. The van der Waals surface area contributed by atoms with E-state index in [0.29, 0.717) is 0 Å². The molecule has 0 bridgehead atoms. The molecule has 4 nitrogen and oxygen atoms in total. The third kappa shape index (κ3) is 7.01. The Morgan fingerprint density at radius 2 is 1.69 bits per heavy atom. The highest BCUT2D eigenvalue weighted by molar-refractivity contribution is 7.03. The Hall–Kier alpha value is -2.11. The van der Waals surface area contributed by atoms with Crippen LogP contribution in [-0.4, -0.2) is 42.6 Å². The summed E-state index contributed by atoms with van der Waals surface area (Å²) in [6.07, 6.45) is 20.3. The fourth-order valence-electron chi connectivity index (χ4n) is 6.38. The van der Waals surface area contributed by atoms with Gasteiger partial charge < -0.3 is 9.47 Å². The predicted molar refractivity (Wildman–Crippen MR) is 150 cm³/mol. The normalized spacial score (nSPS) is 23.4. The van der Waals surface area contributed by atoms with Crippen molar-refractivity contribution in [2.75, 3.05) is 33.4 Å². The van der Waals surface area contributed by atoms with Gasteiger partial charge in [-0.15, -0.1) is 0 Å². The molecule has 0 amide bonds. The second-order valence-corrected chi connectivity index (χ2v) is 11.6. The van der Waals surface area contributed by atoms with Crippen molar-refractivity contribution < 1.29 is 9.47 Å². The average Bonchev–Trinajstić information content (AvgIpc) is 3.16. The van der Waals surface area contributed by atoms with Crippen LogP contribution >= 0.6 is 11.5 Å². The molecule has 2 unspecified atom stereocenters. The molecule has 36 heavy (non-hydrogen) atoms. The molecule has 0 spiro atoms. The topological polar surface area (TPSA) is 34.6 Å². The molecule has 1 aromatic carbocycles. The first-order valence-corrected chi connectivity index (χ1v) is 14.9. The van der Waals surface area contributed by atoms with Gasteiger partial charge in [-0.25, -0.2) is 0 Å². The largest absolute Gasteiger partial charge is 0.497 e. The van der Waals surface area contributed by atoms with Crippen molar-refractivity contribution in [3.8, 4) is 11.5 Å². The molecule has 3 aliphatic rings. The van der Waals surface area contributed by atoms with Crippen LogP contribution in [0.2, 0.25) is 0 Å². The van der Waals surface area contributed by atoms with Crippen LogP contribution in [-0.2, 0) is 6.42 Å². The minimum atomic E-state index is 0.760. The average molecular weight is 507 g/mol. The molecular weight excluding hydrogens is 464 g/mol. The summed E-state index contributed by atoms with van der Waals surface area (Å²) in [7, 11) is 1.69. The quantitative estimate of drug-likeness (QED) is 0.332. The Morgan fingerprint density at radius 1 is 0.944 bits per heavy atom. The molecule has 5 rings (SSSR count). The second-order valence-electron chi connectivity index (χ2n) is 11.0. The van der Waals surface area contributed by atoms with E-state index in [9.17, 15) is 0 Å². The molecule has 1 aromatic heterocycles. The highest BCUT2D eigenvalue weighted by Crippen LogP contribution is 2.38. The van der Waals surface area contributed by atoms with E-state index in [4.69, 9.17) is 13.8 Å². The zero-order valence-corrected chi connectivity index (χ0v) is 22.7. The van der Waals surface area contributed by atoms with E-state index in [1.165, 1.54) is 87.7 Å². The standard InChI is InChI=1S/C31H42N2O2S/c1-34-29-11-13-30(14-12-29)35-20-19-33-17-15-26(16-18-33)21-24-5-4-6-25(10-9-24)22-27-7-2-3-8-28-23-36-32-31(27)28/h2-3,7,11-14,23-26H,4-6,8-10,15-22H2,1H3. The Bertz CT molecular complexity index is 1000. The number of hydrogen-bond donors (Lipinski definition) is 0. The van der Waals surface area contributed by atoms with Crippen LogP contribution in [0.4, 0.5) is 0 Å². The van der Waals surface area contributed by atoms with Crippen LogP contribution in [0.25, 0.3) is 5.57 Å². The minimum Gasteiger partial charge on any atom is -0.497 e. The first-order valence-electron chi connectivity index (χ1n) is 14.1. The van der Waals surface area contributed by atoms with Gasteiger partial charge >= 0.3 is 0 Å². The number of allylic oxidation sites excluding steroid dienone is 4. The van der Waals surface area contributed by atoms with E-state index in [1.54, 1.807) is 18.6 Å². The molecule has 2 fully saturated rings. The molecular formula is C31H42N2O2S. The van der Waals surface area contributed by atoms with Gasteiger partial charge in [-0.1, -0.05) is 43.9 Å². The summed E-state index contributed by atoms with van der Waals surface area (Å²) >= 11 is 1.62. The lowest BCUT2D eigenvalue weighted by atomic mass is 9.83. The molecule has 2 atom stereocenters. The lowest BCUT2D eigenvalue weighted by Crippen LogP contribution is -2.36. The van der Waals surface area contributed by atoms with Crippen molar-refractivity contribution >= 4 is 17.1 Å². The van der Waals surface area contributed by atoms with E-state index >= 15 is 0 Å². The summed E-state index contributed by atoms with van der Waals surface area (Å²) in [5.41, 5.74) is 4.18. The molecule has 2 heterocycles.